The van der Waals surface area contributed by atoms with Crippen LogP contribution in [0, 0.1) is 9.39 Å². The molecule has 0 saturated carbocycles. The third-order valence-electron chi connectivity index (χ3n) is 4.54. The number of allylic oxidation sites excluding steroid dienone is 1. The Balaban J connectivity index is 1.93. The van der Waals surface area contributed by atoms with Crippen LogP contribution in [0.2, 0.25) is 0 Å². The summed E-state index contributed by atoms with van der Waals surface area (Å²) in [6.07, 6.45) is 2.27. The summed E-state index contributed by atoms with van der Waals surface area (Å²) in [5.41, 5.74) is 0.874. The molecular weight excluding hydrogens is 516 g/mol. The van der Waals surface area contributed by atoms with Crippen LogP contribution in [0.25, 0.3) is 6.08 Å². The maximum Gasteiger partial charge on any atom is 0.414 e. The van der Waals surface area contributed by atoms with E-state index in [1.54, 1.807) is 43.3 Å². The van der Waals surface area contributed by atoms with Crippen molar-refractivity contribution in [2.75, 3.05) is 23.3 Å². The van der Waals surface area contributed by atoms with Gasteiger partial charge in [-0.2, -0.15) is 0 Å². The molecule has 162 valence electrons. The molecule has 1 heterocycles. The normalized spacial score (nSPS) is 15.8. The summed E-state index contributed by atoms with van der Waals surface area (Å²) in [5, 5.41) is 5.49. The van der Waals surface area contributed by atoms with Gasteiger partial charge in [-0.25, -0.2) is 9.18 Å². The highest BCUT2D eigenvalue weighted by Gasteiger charge is 2.33. The molecule has 0 unspecified atom stereocenters. The number of hydrogen-bond acceptors (Lipinski definition) is 5. The summed E-state index contributed by atoms with van der Waals surface area (Å²) >= 11 is 2.09. The van der Waals surface area contributed by atoms with Crippen molar-refractivity contribution in [3.8, 4) is 0 Å². The number of ether oxygens (including phenoxy) is 1. The maximum absolute atomic E-state index is 15.1. The van der Waals surface area contributed by atoms with E-state index in [9.17, 15) is 14.4 Å². The summed E-state index contributed by atoms with van der Waals surface area (Å²) in [4.78, 5) is 37.0. The first-order chi connectivity index (χ1) is 14.8. The number of benzene rings is 1. The molecule has 0 aliphatic carbocycles. The van der Waals surface area contributed by atoms with Gasteiger partial charge >= 0.3 is 6.09 Å². The van der Waals surface area contributed by atoms with Gasteiger partial charge in [0, 0.05) is 16.1 Å². The average molecular weight is 537 g/mol. The van der Waals surface area contributed by atoms with Crippen molar-refractivity contribution in [2.24, 2.45) is 0 Å². The lowest BCUT2D eigenvalue weighted by Gasteiger charge is -2.17. The second-order valence-corrected chi connectivity index (χ2v) is 8.15. The smallest absolute Gasteiger partial charge is 0.414 e. The Morgan fingerprint density at radius 2 is 2.03 bits per heavy atom. The Morgan fingerprint density at radius 1 is 1.29 bits per heavy atom. The zero-order valence-electron chi connectivity index (χ0n) is 16.9. The molecule has 7 nitrogen and oxygen atoms in total. The summed E-state index contributed by atoms with van der Waals surface area (Å²) in [7, 11) is 0. The highest BCUT2D eigenvalue weighted by Crippen LogP contribution is 2.32. The van der Waals surface area contributed by atoms with Crippen LogP contribution in [-0.4, -0.2) is 31.2 Å². The minimum atomic E-state index is -0.621. The van der Waals surface area contributed by atoms with Gasteiger partial charge in [-0.3, -0.25) is 14.5 Å². The van der Waals surface area contributed by atoms with E-state index in [0.717, 1.165) is 3.57 Å². The lowest BCUT2D eigenvalue weighted by molar-refractivity contribution is -0.119. The molecule has 9 heteroatoms. The van der Waals surface area contributed by atoms with E-state index in [1.807, 2.05) is 0 Å². The number of anilines is 3. The molecule has 1 fully saturated rings. The zero-order chi connectivity index (χ0) is 22.5. The van der Waals surface area contributed by atoms with Crippen LogP contribution in [0.3, 0.4) is 0 Å². The fraction of sp³-hybridized carbons (Fsp3) is 0.227. The monoisotopic (exact) mass is 537 g/mol. The maximum atomic E-state index is 15.1. The SMILES string of the molecule is C/C=C/c1cc(N2C[C@H](CNC(C)=O)OC2=O)cc(F)c1Nc1ccc(I)ccc1=O. The number of carbonyl (C=O) groups is 2. The van der Waals surface area contributed by atoms with Crippen molar-refractivity contribution in [2.45, 2.75) is 20.0 Å². The second-order valence-electron chi connectivity index (χ2n) is 6.90. The van der Waals surface area contributed by atoms with Crippen LogP contribution >= 0.6 is 22.6 Å². The molecule has 31 heavy (non-hydrogen) atoms. The second kappa shape index (κ2) is 9.90. The van der Waals surface area contributed by atoms with Crippen molar-refractivity contribution in [1.29, 1.82) is 0 Å². The van der Waals surface area contributed by atoms with Crippen LogP contribution in [0.4, 0.5) is 26.2 Å². The number of carbonyl (C=O) groups excluding carboxylic acids is 2. The van der Waals surface area contributed by atoms with Gasteiger partial charge in [-0.1, -0.05) is 12.2 Å². The van der Waals surface area contributed by atoms with Crippen LogP contribution in [0.1, 0.15) is 19.4 Å². The topological polar surface area (TPSA) is 87.7 Å². The molecule has 1 aliphatic heterocycles. The lowest BCUT2D eigenvalue weighted by Crippen LogP contribution is -2.33. The van der Waals surface area contributed by atoms with Crippen LogP contribution in [-0.2, 0) is 9.53 Å². The molecule has 3 rings (SSSR count). The van der Waals surface area contributed by atoms with E-state index in [4.69, 9.17) is 4.74 Å². The summed E-state index contributed by atoms with van der Waals surface area (Å²) in [6.45, 7) is 3.52. The molecule has 2 N–H and O–H groups in total. The van der Waals surface area contributed by atoms with Crippen molar-refractivity contribution in [3.05, 3.63) is 67.6 Å². The molecule has 2 amide bonds. The van der Waals surface area contributed by atoms with Gasteiger partial charge in [-0.15, -0.1) is 0 Å². The summed E-state index contributed by atoms with van der Waals surface area (Å²) < 4.78 is 21.2. The van der Waals surface area contributed by atoms with Crippen molar-refractivity contribution < 1.29 is 18.7 Å². The molecule has 2 aromatic carbocycles. The van der Waals surface area contributed by atoms with Gasteiger partial charge in [0.25, 0.3) is 0 Å². The van der Waals surface area contributed by atoms with E-state index in [0.29, 0.717) is 11.3 Å². The molecule has 0 radical (unpaired) electrons. The van der Waals surface area contributed by atoms with E-state index >= 15 is 4.39 Å². The third-order valence-corrected chi connectivity index (χ3v) is 5.26. The van der Waals surface area contributed by atoms with Crippen LogP contribution in [0.15, 0.2) is 47.3 Å². The van der Waals surface area contributed by atoms with Gasteiger partial charge in [0.15, 0.2) is 0 Å². The number of amides is 2. The Kier molecular flexibility index (Phi) is 7.26. The first-order valence-corrected chi connectivity index (χ1v) is 10.6. The van der Waals surface area contributed by atoms with Crippen LogP contribution < -0.4 is 21.0 Å². The minimum absolute atomic E-state index is 0.127. The third kappa shape index (κ3) is 5.60. The summed E-state index contributed by atoms with van der Waals surface area (Å²) in [6, 6.07) is 9.31. The van der Waals surface area contributed by atoms with Gasteiger partial charge in [0.1, 0.15) is 11.9 Å². The summed E-state index contributed by atoms with van der Waals surface area (Å²) in [5.74, 6) is -0.850. The first kappa shape index (κ1) is 22.7. The van der Waals surface area contributed by atoms with E-state index < -0.39 is 18.0 Å². The highest BCUT2D eigenvalue weighted by atomic mass is 127. The quantitative estimate of drug-likeness (QED) is 0.544. The fourth-order valence-corrected chi connectivity index (χ4v) is 3.45. The van der Waals surface area contributed by atoms with E-state index in [2.05, 4.69) is 33.2 Å². The predicted octanol–water partition coefficient (Wildman–Crippen LogP) is 4.03. The van der Waals surface area contributed by atoms with Gasteiger partial charge in [-0.05, 0) is 65.9 Å². The number of hydrogen-bond donors (Lipinski definition) is 2. The van der Waals surface area contributed by atoms with Gasteiger partial charge in [0.2, 0.25) is 11.3 Å². The standard InChI is InChI=1S/C22H21FIN3O4/c1-3-4-14-9-16(27-12-17(31-22(27)30)11-25-13(2)28)10-18(23)21(14)26-19-7-5-15(24)6-8-20(19)29/h3-10,17H,11-12H2,1-2H3,(H,25,28)(H,26,29)/b4-3+/t17-/m0/s1. The molecule has 0 aromatic heterocycles. The van der Waals surface area contributed by atoms with Gasteiger partial charge < -0.3 is 15.4 Å². The Hall–Kier alpha value is -2.95. The number of rotatable bonds is 6. The molecule has 1 saturated heterocycles. The molecule has 0 bridgehead atoms. The average Bonchev–Trinajstić information content (AvgIpc) is 3.01. The first-order valence-electron chi connectivity index (χ1n) is 9.54. The van der Waals surface area contributed by atoms with E-state index in [1.165, 1.54) is 24.0 Å². The Bertz CT molecular complexity index is 1110. The molecule has 1 aliphatic rings. The molecule has 2 aromatic rings. The van der Waals surface area contributed by atoms with Crippen molar-refractivity contribution in [3.63, 3.8) is 0 Å². The van der Waals surface area contributed by atoms with Crippen molar-refractivity contribution in [1.82, 2.24) is 5.32 Å². The molecular formula is C22H21FIN3O4. The number of cyclic esters (lactones) is 1. The van der Waals surface area contributed by atoms with Gasteiger partial charge in [0.05, 0.1) is 30.2 Å². The largest absolute Gasteiger partial charge is 0.442 e. The van der Waals surface area contributed by atoms with E-state index in [-0.39, 0.29) is 35.8 Å². The van der Waals surface area contributed by atoms with Crippen LogP contribution in [0.5, 0.6) is 0 Å². The van der Waals surface area contributed by atoms with Crippen molar-refractivity contribution >= 4 is 57.7 Å². The molecule has 1 atom stereocenters. The number of nitrogens with one attached hydrogen (secondary N) is 2. The Labute approximate surface area is 192 Å². The fourth-order valence-electron chi connectivity index (χ4n) is 3.09. The minimum Gasteiger partial charge on any atom is -0.442 e. The number of nitrogens with zero attached hydrogens (tertiary/aromatic N) is 1. The number of halogens is 2. The highest BCUT2D eigenvalue weighted by molar-refractivity contribution is 14.1. The predicted molar refractivity (Wildman–Crippen MR) is 126 cm³/mol. The Morgan fingerprint density at radius 3 is 2.74 bits per heavy atom. The lowest BCUT2D eigenvalue weighted by atomic mass is 10.1. The molecule has 0 spiro atoms. The zero-order valence-corrected chi connectivity index (χ0v) is 19.1.